The summed E-state index contributed by atoms with van der Waals surface area (Å²) in [5.74, 6) is 0.888. The number of amides is 2. The maximum absolute atomic E-state index is 12.2. The third-order valence-electron chi connectivity index (χ3n) is 4.10. The molecule has 30 heavy (non-hydrogen) atoms. The summed E-state index contributed by atoms with van der Waals surface area (Å²) in [6.45, 7) is 2.59. The number of hydrogen-bond donors (Lipinski definition) is 2. The van der Waals surface area contributed by atoms with Crippen molar-refractivity contribution in [3.05, 3.63) is 53.6 Å². The van der Waals surface area contributed by atoms with Crippen molar-refractivity contribution in [1.82, 2.24) is 10.7 Å². The Hall–Kier alpha value is -3.55. The van der Waals surface area contributed by atoms with Crippen LogP contribution in [0.2, 0.25) is 0 Å². The van der Waals surface area contributed by atoms with Crippen molar-refractivity contribution in [3.8, 4) is 17.2 Å². The number of hydrogen-bond acceptors (Lipinski definition) is 6. The van der Waals surface area contributed by atoms with Crippen molar-refractivity contribution in [2.45, 2.75) is 19.8 Å². The summed E-state index contributed by atoms with van der Waals surface area (Å²) < 4.78 is 15.9. The normalized spacial score (nSPS) is 10.5. The Morgan fingerprint density at radius 2 is 1.77 bits per heavy atom. The molecular weight excluding hydrogens is 386 g/mol. The van der Waals surface area contributed by atoms with Crippen LogP contribution in [-0.4, -0.2) is 45.4 Å². The van der Waals surface area contributed by atoms with E-state index in [9.17, 15) is 9.59 Å². The van der Waals surface area contributed by atoms with E-state index < -0.39 is 11.8 Å². The molecule has 2 rings (SSSR count). The van der Waals surface area contributed by atoms with Crippen LogP contribution in [0, 0.1) is 0 Å². The maximum Gasteiger partial charge on any atom is 0.259 e. The molecule has 0 spiro atoms. The predicted octanol–water partition coefficient (Wildman–Crippen LogP) is 2.76. The second-order valence-corrected chi connectivity index (χ2v) is 6.32. The zero-order valence-corrected chi connectivity index (χ0v) is 17.4. The van der Waals surface area contributed by atoms with E-state index in [0.29, 0.717) is 23.7 Å². The van der Waals surface area contributed by atoms with Gasteiger partial charge in [-0.15, -0.1) is 0 Å². The summed E-state index contributed by atoms with van der Waals surface area (Å²) in [6.07, 6.45) is 3.61. The second kappa shape index (κ2) is 12.1. The van der Waals surface area contributed by atoms with E-state index in [-0.39, 0.29) is 6.54 Å². The minimum absolute atomic E-state index is 0.214. The van der Waals surface area contributed by atoms with Crippen molar-refractivity contribution < 1.29 is 23.8 Å². The third kappa shape index (κ3) is 7.12. The van der Waals surface area contributed by atoms with Crippen molar-refractivity contribution in [2.75, 3.05) is 27.4 Å². The highest BCUT2D eigenvalue weighted by Crippen LogP contribution is 2.27. The molecular formula is C22H27N3O5. The van der Waals surface area contributed by atoms with E-state index in [4.69, 9.17) is 14.2 Å². The zero-order chi connectivity index (χ0) is 21.8. The molecule has 2 amide bonds. The first kappa shape index (κ1) is 22.7. The van der Waals surface area contributed by atoms with E-state index in [0.717, 1.165) is 24.2 Å². The number of unbranched alkanes of at least 4 members (excludes halogenated alkanes) is 1. The lowest BCUT2D eigenvalue weighted by atomic mass is 10.2. The Labute approximate surface area is 176 Å². The minimum atomic E-state index is -0.445. The molecule has 0 aliphatic carbocycles. The molecule has 0 bridgehead atoms. The number of nitrogens with zero attached hydrogens (tertiary/aromatic N) is 1. The molecule has 0 radical (unpaired) electrons. The van der Waals surface area contributed by atoms with Crippen LogP contribution in [0.4, 0.5) is 0 Å². The molecule has 0 saturated heterocycles. The van der Waals surface area contributed by atoms with E-state index in [1.807, 2.05) is 24.3 Å². The minimum Gasteiger partial charge on any atom is -0.494 e. The Kier molecular flexibility index (Phi) is 9.18. The van der Waals surface area contributed by atoms with Crippen LogP contribution in [0.15, 0.2) is 47.6 Å². The van der Waals surface area contributed by atoms with Crippen LogP contribution in [0.3, 0.4) is 0 Å². The first-order chi connectivity index (χ1) is 14.6. The molecule has 0 unspecified atom stereocenters. The van der Waals surface area contributed by atoms with Crippen LogP contribution < -0.4 is 25.0 Å². The molecule has 8 nitrogen and oxygen atoms in total. The van der Waals surface area contributed by atoms with Crippen molar-refractivity contribution >= 4 is 18.0 Å². The van der Waals surface area contributed by atoms with Gasteiger partial charge in [0.2, 0.25) is 0 Å². The van der Waals surface area contributed by atoms with Gasteiger partial charge < -0.3 is 19.5 Å². The number of methoxy groups -OCH3 is 2. The summed E-state index contributed by atoms with van der Waals surface area (Å²) in [5.41, 5.74) is 3.54. The third-order valence-corrected chi connectivity index (χ3v) is 4.10. The second-order valence-electron chi connectivity index (χ2n) is 6.32. The Balaban J connectivity index is 1.78. The Morgan fingerprint density at radius 3 is 2.43 bits per heavy atom. The number of carbonyl (C=O) groups excluding carboxylic acids is 2. The summed E-state index contributed by atoms with van der Waals surface area (Å²) in [5, 5.41) is 6.42. The van der Waals surface area contributed by atoms with Gasteiger partial charge in [-0.05, 0) is 54.4 Å². The smallest absolute Gasteiger partial charge is 0.259 e. The number of benzene rings is 2. The summed E-state index contributed by atoms with van der Waals surface area (Å²) in [7, 11) is 3.00. The molecule has 8 heteroatoms. The first-order valence-electron chi connectivity index (χ1n) is 9.62. The number of carbonyl (C=O) groups is 2. The molecule has 0 heterocycles. The Bertz CT molecular complexity index is 866. The summed E-state index contributed by atoms with van der Waals surface area (Å²) >= 11 is 0. The molecule has 0 atom stereocenters. The topological polar surface area (TPSA) is 98.2 Å². The van der Waals surface area contributed by atoms with E-state index in [2.05, 4.69) is 22.8 Å². The molecule has 0 aromatic heterocycles. The summed E-state index contributed by atoms with van der Waals surface area (Å²) in [4.78, 5) is 24.1. The van der Waals surface area contributed by atoms with Crippen LogP contribution in [-0.2, 0) is 4.79 Å². The van der Waals surface area contributed by atoms with Gasteiger partial charge in [0.25, 0.3) is 11.8 Å². The average Bonchev–Trinajstić information content (AvgIpc) is 2.78. The monoisotopic (exact) mass is 413 g/mol. The molecule has 160 valence electrons. The summed E-state index contributed by atoms with van der Waals surface area (Å²) in [6, 6.07) is 12.1. The number of rotatable bonds is 11. The van der Waals surface area contributed by atoms with Crippen LogP contribution >= 0.6 is 0 Å². The molecule has 2 aromatic rings. The maximum atomic E-state index is 12.2. The fourth-order valence-corrected chi connectivity index (χ4v) is 2.44. The Morgan fingerprint density at radius 1 is 1.03 bits per heavy atom. The van der Waals surface area contributed by atoms with Gasteiger partial charge in [0, 0.05) is 5.56 Å². The standard InChI is InChI=1S/C22H27N3O5/c1-4-5-12-30-18-9-6-16(7-10-18)14-24-25-21(26)15-23-22(27)17-8-11-19(28-2)20(13-17)29-3/h6-11,13-14H,4-5,12,15H2,1-3H3,(H,23,27)(H,25,26). The van der Waals surface area contributed by atoms with Gasteiger partial charge in [-0.3, -0.25) is 9.59 Å². The molecule has 2 N–H and O–H groups in total. The van der Waals surface area contributed by atoms with E-state index in [1.165, 1.54) is 20.4 Å². The van der Waals surface area contributed by atoms with Gasteiger partial charge >= 0.3 is 0 Å². The predicted molar refractivity (Wildman–Crippen MR) is 114 cm³/mol. The van der Waals surface area contributed by atoms with E-state index >= 15 is 0 Å². The molecule has 0 fully saturated rings. The van der Waals surface area contributed by atoms with E-state index in [1.54, 1.807) is 18.2 Å². The molecule has 2 aromatic carbocycles. The van der Waals surface area contributed by atoms with Crippen molar-refractivity contribution in [1.29, 1.82) is 0 Å². The fourth-order valence-electron chi connectivity index (χ4n) is 2.44. The highest BCUT2D eigenvalue weighted by atomic mass is 16.5. The zero-order valence-electron chi connectivity index (χ0n) is 17.4. The quantitative estimate of drug-likeness (QED) is 0.335. The highest BCUT2D eigenvalue weighted by molar-refractivity contribution is 5.97. The molecule has 0 aliphatic rings. The number of hydrazone groups is 1. The van der Waals surface area contributed by atoms with Crippen molar-refractivity contribution in [3.63, 3.8) is 0 Å². The highest BCUT2D eigenvalue weighted by Gasteiger charge is 2.11. The van der Waals surface area contributed by atoms with Gasteiger partial charge in [0.1, 0.15) is 5.75 Å². The largest absolute Gasteiger partial charge is 0.494 e. The van der Waals surface area contributed by atoms with Crippen LogP contribution in [0.5, 0.6) is 17.2 Å². The van der Waals surface area contributed by atoms with Crippen LogP contribution in [0.1, 0.15) is 35.7 Å². The number of ether oxygens (including phenoxy) is 3. The SMILES string of the molecule is CCCCOc1ccc(C=NNC(=O)CNC(=O)c2ccc(OC)c(OC)c2)cc1. The van der Waals surface area contributed by atoms with Gasteiger partial charge in [-0.2, -0.15) is 5.10 Å². The molecule has 0 aliphatic heterocycles. The first-order valence-corrected chi connectivity index (χ1v) is 9.62. The lowest BCUT2D eigenvalue weighted by Crippen LogP contribution is -2.34. The average molecular weight is 413 g/mol. The lowest BCUT2D eigenvalue weighted by molar-refractivity contribution is -0.120. The molecule has 0 saturated carbocycles. The number of nitrogens with one attached hydrogen (secondary N) is 2. The van der Waals surface area contributed by atoms with Gasteiger partial charge in [-0.1, -0.05) is 13.3 Å². The van der Waals surface area contributed by atoms with Crippen LogP contribution in [0.25, 0.3) is 0 Å². The van der Waals surface area contributed by atoms with Gasteiger partial charge in [-0.25, -0.2) is 5.43 Å². The fraction of sp³-hybridized carbons (Fsp3) is 0.318. The van der Waals surface area contributed by atoms with Gasteiger partial charge in [0.05, 0.1) is 33.6 Å². The lowest BCUT2D eigenvalue weighted by Gasteiger charge is -2.09. The van der Waals surface area contributed by atoms with Gasteiger partial charge in [0.15, 0.2) is 11.5 Å². The van der Waals surface area contributed by atoms with Crippen molar-refractivity contribution in [2.24, 2.45) is 5.10 Å².